The summed E-state index contributed by atoms with van der Waals surface area (Å²) in [5.74, 6) is 4.36. The quantitative estimate of drug-likeness (QED) is 0.417. The molecule has 1 aromatic heterocycles. The molecule has 0 aliphatic rings. The van der Waals surface area contributed by atoms with Crippen LogP contribution in [0.15, 0.2) is 6.07 Å². The molecule has 1 heterocycles. The van der Waals surface area contributed by atoms with Gasteiger partial charge in [-0.3, -0.25) is 14.9 Å². The van der Waals surface area contributed by atoms with E-state index in [4.69, 9.17) is 5.84 Å². The van der Waals surface area contributed by atoms with Crippen LogP contribution >= 0.6 is 0 Å². The molecule has 0 aromatic carbocycles. The number of rotatable bonds is 3. The molecule has 7 heteroatoms. The maximum Gasteiger partial charge on any atom is 0.282 e. The number of aryl methyl sites for hydroxylation is 1. The van der Waals surface area contributed by atoms with Gasteiger partial charge in [0, 0.05) is 5.69 Å². The van der Waals surface area contributed by atoms with Gasteiger partial charge in [0.15, 0.2) is 0 Å². The van der Waals surface area contributed by atoms with Crippen LogP contribution in [0, 0.1) is 6.92 Å². The zero-order chi connectivity index (χ0) is 10.7. The first-order valence-electron chi connectivity index (χ1n) is 3.86. The minimum Gasteiger partial charge on any atom is -0.293 e. The molecular formula is C7H10F2N4O. The van der Waals surface area contributed by atoms with E-state index >= 15 is 0 Å². The predicted octanol–water partition coefficient (Wildman–Crippen LogP) is 0.119. The Kier molecular flexibility index (Phi) is 3.13. The Morgan fingerprint density at radius 2 is 2.43 bits per heavy atom. The van der Waals surface area contributed by atoms with Crippen LogP contribution in [0.2, 0.25) is 0 Å². The van der Waals surface area contributed by atoms with Gasteiger partial charge in [0.25, 0.3) is 12.3 Å². The number of amides is 1. The molecule has 0 saturated carbocycles. The lowest BCUT2D eigenvalue weighted by Gasteiger charge is -2.01. The molecule has 5 nitrogen and oxygen atoms in total. The van der Waals surface area contributed by atoms with E-state index in [1.54, 1.807) is 6.92 Å². The van der Waals surface area contributed by atoms with E-state index in [9.17, 15) is 13.6 Å². The summed E-state index contributed by atoms with van der Waals surface area (Å²) in [6.45, 7) is 1.43. The fourth-order valence-electron chi connectivity index (χ4n) is 0.984. The lowest BCUT2D eigenvalue weighted by molar-refractivity contribution is -0.121. The highest BCUT2D eigenvalue weighted by Gasteiger charge is 2.14. The SMILES string of the molecule is Cc1cc(C(F)F)nn1CC(=O)NN. The van der Waals surface area contributed by atoms with Crippen molar-refractivity contribution in [2.24, 2.45) is 5.84 Å². The highest BCUT2D eigenvalue weighted by atomic mass is 19.3. The number of halogens is 2. The third kappa shape index (κ3) is 2.25. The average molecular weight is 204 g/mol. The third-order valence-corrected chi connectivity index (χ3v) is 1.68. The molecule has 1 rings (SSSR count). The van der Waals surface area contributed by atoms with Crippen LogP contribution in [0.1, 0.15) is 17.8 Å². The van der Waals surface area contributed by atoms with Gasteiger partial charge >= 0.3 is 0 Å². The van der Waals surface area contributed by atoms with Crippen LogP contribution in [0.3, 0.4) is 0 Å². The standard InChI is InChI=1S/C7H10F2N4O/c1-4-2-5(7(8)9)12-13(4)3-6(14)11-10/h2,7H,3,10H2,1H3,(H,11,14). The van der Waals surface area contributed by atoms with Crippen LogP contribution in [0.25, 0.3) is 0 Å². The Morgan fingerprint density at radius 1 is 1.79 bits per heavy atom. The number of hydrogen-bond donors (Lipinski definition) is 2. The van der Waals surface area contributed by atoms with Crippen LogP contribution in [-0.4, -0.2) is 15.7 Å². The van der Waals surface area contributed by atoms with Gasteiger partial charge in [-0.15, -0.1) is 0 Å². The van der Waals surface area contributed by atoms with Gasteiger partial charge in [0.2, 0.25) is 0 Å². The molecular weight excluding hydrogens is 194 g/mol. The Hall–Kier alpha value is -1.50. The van der Waals surface area contributed by atoms with Crippen LogP contribution in [0.4, 0.5) is 8.78 Å². The Bertz CT molecular complexity index is 336. The molecule has 0 aliphatic heterocycles. The number of carbonyl (C=O) groups is 1. The van der Waals surface area contributed by atoms with Crippen LogP contribution in [0.5, 0.6) is 0 Å². The lowest BCUT2D eigenvalue weighted by Crippen LogP contribution is -2.33. The van der Waals surface area contributed by atoms with Crippen LogP contribution < -0.4 is 11.3 Å². The molecule has 0 aliphatic carbocycles. The van der Waals surface area contributed by atoms with Crippen molar-refractivity contribution in [2.75, 3.05) is 0 Å². The number of alkyl halides is 2. The van der Waals surface area contributed by atoms with E-state index in [0.29, 0.717) is 5.69 Å². The summed E-state index contributed by atoms with van der Waals surface area (Å²) in [6.07, 6.45) is -2.63. The first-order valence-corrected chi connectivity index (χ1v) is 3.86. The molecule has 3 N–H and O–H groups in total. The van der Waals surface area contributed by atoms with E-state index in [0.717, 1.165) is 0 Å². The Balaban J connectivity index is 2.82. The second kappa shape index (κ2) is 4.14. The van der Waals surface area contributed by atoms with Gasteiger partial charge in [-0.25, -0.2) is 14.6 Å². The first-order chi connectivity index (χ1) is 6.54. The molecule has 1 amide bonds. The minimum absolute atomic E-state index is 0.158. The third-order valence-electron chi connectivity index (χ3n) is 1.68. The number of nitrogens with two attached hydrogens (primary N) is 1. The van der Waals surface area contributed by atoms with E-state index in [1.165, 1.54) is 10.7 Å². The maximum absolute atomic E-state index is 12.2. The van der Waals surface area contributed by atoms with Gasteiger partial charge in [0.05, 0.1) is 0 Å². The van der Waals surface area contributed by atoms with E-state index < -0.39 is 12.3 Å². The summed E-state index contributed by atoms with van der Waals surface area (Å²) >= 11 is 0. The van der Waals surface area contributed by atoms with Crippen molar-refractivity contribution >= 4 is 5.91 Å². The monoisotopic (exact) mass is 204 g/mol. The molecule has 0 fully saturated rings. The van der Waals surface area contributed by atoms with Gasteiger partial charge in [-0.1, -0.05) is 0 Å². The minimum atomic E-state index is -2.63. The zero-order valence-electron chi connectivity index (χ0n) is 7.50. The highest BCUT2D eigenvalue weighted by Crippen LogP contribution is 2.17. The number of carbonyl (C=O) groups excluding carboxylic acids is 1. The highest BCUT2D eigenvalue weighted by molar-refractivity contribution is 5.74. The maximum atomic E-state index is 12.2. The van der Waals surface area contributed by atoms with E-state index in [1.807, 2.05) is 5.43 Å². The van der Waals surface area contributed by atoms with Crippen molar-refractivity contribution in [1.82, 2.24) is 15.2 Å². The van der Waals surface area contributed by atoms with E-state index in [2.05, 4.69) is 5.10 Å². The van der Waals surface area contributed by atoms with Crippen molar-refractivity contribution in [3.63, 3.8) is 0 Å². The van der Waals surface area contributed by atoms with E-state index in [-0.39, 0.29) is 12.2 Å². The van der Waals surface area contributed by atoms with Crippen molar-refractivity contribution in [3.05, 3.63) is 17.5 Å². The van der Waals surface area contributed by atoms with Crippen molar-refractivity contribution in [3.8, 4) is 0 Å². The summed E-state index contributed by atoms with van der Waals surface area (Å²) in [5, 5.41) is 3.55. The zero-order valence-corrected chi connectivity index (χ0v) is 7.50. The number of hydrazine groups is 1. The number of nitrogens with one attached hydrogen (secondary N) is 1. The molecule has 0 radical (unpaired) electrons. The molecule has 1 aromatic rings. The second-order valence-corrected chi connectivity index (χ2v) is 2.74. The first kappa shape index (κ1) is 10.6. The Morgan fingerprint density at radius 3 is 2.86 bits per heavy atom. The number of hydrogen-bond acceptors (Lipinski definition) is 3. The summed E-state index contributed by atoms with van der Waals surface area (Å²) in [6, 6.07) is 1.23. The van der Waals surface area contributed by atoms with Crippen LogP contribution in [-0.2, 0) is 11.3 Å². The fourth-order valence-corrected chi connectivity index (χ4v) is 0.984. The van der Waals surface area contributed by atoms with Crippen molar-refractivity contribution < 1.29 is 13.6 Å². The normalized spacial score (nSPS) is 10.6. The molecule has 0 unspecified atom stereocenters. The fraction of sp³-hybridized carbons (Fsp3) is 0.429. The number of nitrogens with zero attached hydrogens (tertiary/aromatic N) is 2. The molecule has 0 atom stereocenters. The van der Waals surface area contributed by atoms with Crippen molar-refractivity contribution in [1.29, 1.82) is 0 Å². The van der Waals surface area contributed by atoms with Gasteiger partial charge < -0.3 is 0 Å². The smallest absolute Gasteiger partial charge is 0.282 e. The molecule has 0 bridgehead atoms. The van der Waals surface area contributed by atoms with Gasteiger partial charge in [0.1, 0.15) is 12.2 Å². The average Bonchev–Trinajstić information content (AvgIpc) is 2.48. The molecule has 78 valence electrons. The Labute approximate surface area is 78.9 Å². The summed E-state index contributed by atoms with van der Waals surface area (Å²) in [4.78, 5) is 10.8. The molecule has 0 spiro atoms. The summed E-state index contributed by atoms with van der Waals surface area (Å²) in [7, 11) is 0. The lowest BCUT2D eigenvalue weighted by atomic mass is 10.4. The second-order valence-electron chi connectivity index (χ2n) is 2.74. The summed E-state index contributed by atoms with van der Waals surface area (Å²) < 4.78 is 25.5. The number of aromatic nitrogens is 2. The topological polar surface area (TPSA) is 72.9 Å². The molecule has 14 heavy (non-hydrogen) atoms. The summed E-state index contributed by atoms with van der Waals surface area (Å²) in [5.41, 5.74) is 2.04. The predicted molar refractivity (Wildman–Crippen MR) is 44.3 cm³/mol. The van der Waals surface area contributed by atoms with Gasteiger partial charge in [-0.05, 0) is 13.0 Å². The largest absolute Gasteiger partial charge is 0.293 e. The van der Waals surface area contributed by atoms with Gasteiger partial charge in [-0.2, -0.15) is 5.10 Å². The molecule has 0 saturated heterocycles. The van der Waals surface area contributed by atoms with Crippen molar-refractivity contribution in [2.45, 2.75) is 19.9 Å².